The molecule has 2 amide bonds. The number of benzene rings is 3. The highest BCUT2D eigenvalue weighted by atomic mass is 16.7. The van der Waals surface area contributed by atoms with Gasteiger partial charge in [0.2, 0.25) is 29.5 Å². The van der Waals surface area contributed by atoms with Crippen molar-refractivity contribution in [3.63, 3.8) is 0 Å². The van der Waals surface area contributed by atoms with E-state index >= 15 is 0 Å². The third-order valence-corrected chi connectivity index (χ3v) is 9.02. The molecule has 0 unspecified atom stereocenters. The molecule has 0 saturated heterocycles. The van der Waals surface area contributed by atoms with Crippen molar-refractivity contribution in [2.24, 2.45) is 5.92 Å². The summed E-state index contributed by atoms with van der Waals surface area (Å²) in [7, 11) is 1.60. The van der Waals surface area contributed by atoms with Crippen LogP contribution >= 0.6 is 0 Å². The van der Waals surface area contributed by atoms with E-state index in [1.807, 2.05) is 67.3 Å². The molecule has 13 heteroatoms. The molecule has 2 aliphatic rings. The fourth-order valence-electron chi connectivity index (χ4n) is 6.41. The molecule has 5 aromatic rings. The second-order valence-corrected chi connectivity index (χ2v) is 13.8. The summed E-state index contributed by atoms with van der Waals surface area (Å²) >= 11 is 0. The van der Waals surface area contributed by atoms with Crippen LogP contribution in [0.1, 0.15) is 61.2 Å². The first-order valence-electron chi connectivity index (χ1n) is 17.4. The summed E-state index contributed by atoms with van der Waals surface area (Å²) in [4.78, 5) is 47.5. The first-order chi connectivity index (χ1) is 24.6. The number of amides is 2. The first-order valence-corrected chi connectivity index (χ1v) is 17.4. The van der Waals surface area contributed by atoms with E-state index in [1.165, 1.54) is 5.56 Å². The monoisotopic (exact) mass is 689 g/mol. The molecule has 3 aromatic carbocycles. The van der Waals surface area contributed by atoms with E-state index in [1.54, 1.807) is 24.0 Å². The summed E-state index contributed by atoms with van der Waals surface area (Å²) in [5, 5.41) is 9.31. The van der Waals surface area contributed by atoms with Crippen LogP contribution in [0.15, 0.2) is 67.0 Å². The number of nitrogens with zero attached hydrogens (tertiary/aromatic N) is 6. The van der Waals surface area contributed by atoms with Crippen molar-refractivity contribution >= 4 is 40.4 Å². The van der Waals surface area contributed by atoms with Gasteiger partial charge in [-0.3, -0.25) is 14.2 Å². The molecule has 0 aliphatic carbocycles. The number of nitrogens with one attached hydrogen (secondary N) is 3. The quantitative estimate of drug-likeness (QED) is 0.177. The average Bonchev–Trinajstić information content (AvgIpc) is 3.56. The van der Waals surface area contributed by atoms with Crippen molar-refractivity contribution in [3.05, 3.63) is 89.2 Å². The number of likely N-dealkylation sites (N-methyl/N-ethyl adjacent to an activating group) is 1. The van der Waals surface area contributed by atoms with E-state index in [4.69, 9.17) is 19.4 Å². The van der Waals surface area contributed by atoms with Gasteiger partial charge in [0.25, 0.3) is 5.91 Å². The molecular weight excluding hydrogens is 646 g/mol. The molecule has 51 heavy (non-hydrogen) atoms. The molecular formula is C38H43N9O4. The lowest BCUT2D eigenvalue weighted by atomic mass is 10.0. The number of fused-ring (bicyclic) bond motifs is 3. The number of hydrogen-bond acceptors (Lipinski definition) is 10. The Morgan fingerprint density at radius 2 is 1.80 bits per heavy atom. The minimum absolute atomic E-state index is 0.0616. The van der Waals surface area contributed by atoms with Crippen molar-refractivity contribution in [2.75, 3.05) is 35.7 Å². The van der Waals surface area contributed by atoms with Gasteiger partial charge < -0.3 is 30.3 Å². The van der Waals surface area contributed by atoms with E-state index in [9.17, 15) is 9.59 Å². The molecule has 0 spiro atoms. The van der Waals surface area contributed by atoms with Crippen LogP contribution in [-0.2, 0) is 29.0 Å². The Hall–Kier alpha value is -5.56. The number of aromatic nitrogens is 5. The Labute approximate surface area is 296 Å². The van der Waals surface area contributed by atoms with E-state index in [0.29, 0.717) is 55.0 Å². The van der Waals surface area contributed by atoms with Gasteiger partial charge in [-0.2, -0.15) is 15.0 Å². The first kappa shape index (κ1) is 33.9. The maximum Gasteiger partial charge on any atom is 0.258 e. The molecule has 0 saturated carbocycles. The van der Waals surface area contributed by atoms with Gasteiger partial charge in [-0.1, -0.05) is 38.1 Å². The van der Waals surface area contributed by atoms with Crippen molar-refractivity contribution < 1.29 is 19.1 Å². The molecule has 7 rings (SSSR count). The molecule has 0 bridgehead atoms. The lowest BCUT2D eigenvalue weighted by Gasteiger charge is -2.32. The number of anilines is 3. The van der Waals surface area contributed by atoms with Gasteiger partial charge in [-0.25, -0.2) is 4.98 Å². The highest BCUT2D eigenvalue weighted by Gasteiger charge is 2.29. The number of imidazole rings is 1. The lowest BCUT2D eigenvalue weighted by Crippen LogP contribution is -2.40. The molecule has 1 atom stereocenters. The summed E-state index contributed by atoms with van der Waals surface area (Å²) in [6, 6.07) is 18.7. The smallest absolute Gasteiger partial charge is 0.258 e. The van der Waals surface area contributed by atoms with Crippen LogP contribution in [0.25, 0.3) is 17.0 Å². The molecule has 0 radical (unpaired) electrons. The van der Waals surface area contributed by atoms with Gasteiger partial charge >= 0.3 is 0 Å². The van der Waals surface area contributed by atoms with E-state index in [-0.39, 0.29) is 17.8 Å². The molecule has 3 N–H and O–H groups in total. The summed E-state index contributed by atoms with van der Waals surface area (Å²) in [6.45, 7) is 9.66. The second kappa shape index (κ2) is 14.0. The molecule has 13 nitrogen and oxygen atoms in total. The number of para-hydroxylation sites is 1. The van der Waals surface area contributed by atoms with Gasteiger partial charge in [0.1, 0.15) is 18.1 Å². The lowest BCUT2D eigenvalue weighted by molar-refractivity contribution is -0.180. The molecule has 0 fully saturated rings. The standard InChI is InChI=1S/C38H43N9O4/c1-23(2)20-40-35-43-36(42-29(33(48)39-5)18-24-12-15-32-27(17-24)21-50-38(3,4)51-32)45-37(44-35)47-22-41-28-19-26(13-14-31(28)47)34(49)46-16-8-10-25-9-6-7-11-30(25)46/h6-7,9,11-15,17,19,22-23,29H,8,10,16,18,20-21H2,1-5H3,(H,39,48)(H2,40,42,43,44,45)/t29-/m0/s1. The molecule has 264 valence electrons. The van der Waals surface area contributed by atoms with Crippen molar-refractivity contribution in [1.29, 1.82) is 0 Å². The Bertz CT molecular complexity index is 2090. The minimum atomic E-state index is -0.698. The van der Waals surface area contributed by atoms with Crippen molar-refractivity contribution in [3.8, 4) is 11.7 Å². The number of carbonyl (C=O) groups is 2. The molecule has 2 aliphatic heterocycles. The third-order valence-electron chi connectivity index (χ3n) is 9.02. The van der Waals surface area contributed by atoms with Crippen LogP contribution < -0.4 is 25.6 Å². The van der Waals surface area contributed by atoms with Crippen LogP contribution in [0, 0.1) is 5.92 Å². The van der Waals surface area contributed by atoms with Gasteiger partial charge in [-0.05, 0) is 66.3 Å². The third kappa shape index (κ3) is 7.34. The summed E-state index contributed by atoms with van der Waals surface area (Å²) < 4.78 is 13.5. The maximum atomic E-state index is 13.7. The zero-order valence-corrected chi connectivity index (χ0v) is 29.6. The topological polar surface area (TPSA) is 148 Å². The zero-order valence-electron chi connectivity index (χ0n) is 29.6. The summed E-state index contributed by atoms with van der Waals surface area (Å²) in [5.41, 5.74) is 5.89. The maximum absolute atomic E-state index is 13.7. The number of rotatable bonds is 10. The van der Waals surface area contributed by atoms with Gasteiger partial charge in [0.15, 0.2) is 0 Å². The Morgan fingerprint density at radius 1 is 0.980 bits per heavy atom. The Balaban J connectivity index is 1.18. The predicted molar refractivity (Wildman–Crippen MR) is 195 cm³/mol. The molecule has 2 aromatic heterocycles. The SMILES string of the molecule is CNC(=O)[C@H](Cc1ccc2c(c1)COC(C)(C)O2)Nc1nc(NCC(C)C)nc(-n2cnc3cc(C(=O)N4CCCc5ccccc54)ccc32)n1. The van der Waals surface area contributed by atoms with Crippen molar-refractivity contribution in [1.82, 2.24) is 29.8 Å². The van der Waals surface area contributed by atoms with Gasteiger partial charge in [-0.15, -0.1) is 0 Å². The Kier molecular flexibility index (Phi) is 9.30. The van der Waals surface area contributed by atoms with E-state index in [2.05, 4.69) is 45.8 Å². The van der Waals surface area contributed by atoms with Crippen LogP contribution in [0.4, 0.5) is 17.6 Å². The van der Waals surface area contributed by atoms with Crippen LogP contribution in [0.2, 0.25) is 0 Å². The van der Waals surface area contributed by atoms with E-state index in [0.717, 1.165) is 40.9 Å². The summed E-state index contributed by atoms with van der Waals surface area (Å²) in [5.74, 6) is 1.02. The summed E-state index contributed by atoms with van der Waals surface area (Å²) in [6.07, 6.45) is 3.87. The number of hydrogen-bond donors (Lipinski definition) is 3. The van der Waals surface area contributed by atoms with Crippen LogP contribution in [0.3, 0.4) is 0 Å². The second-order valence-electron chi connectivity index (χ2n) is 13.8. The van der Waals surface area contributed by atoms with Gasteiger partial charge in [0, 0.05) is 57.2 Å². The van der Waals surface area contributed by atoms with E-state index < -0.39 is 11.8 Å². The largest absolute Gasteiger partial charge is 0.463 e. The fourth-order valence-corrected chi connectivity index (χ4v) is 6.41. The highest BCUT2D eigenvalue weighted by Crippen LogP contribution is 2.32. The zero-order chi connectivity index (χ0) is 35.7. The van der Waals surface area contributed by atoms with Gasteiger partial charge in [0.05, 0.1) is 17.6 Å². The molecule has 4 heterocycles. The minimum Gasteiger partial charge on any atom is -0.463 e. The fraction of sp³-hybridized carbons (Fsp3) is 0.368. The average molecular weight is 690 g/mol. The van der Waals surface area contributed by atoms with Crippen molar-refractivity contribution in [2.45, 2.75) is 65.4 Å². The normalized spacial score (nSPS) is 15.5. The number of carbonyl (C=O) groups excluding carboxylic acids is 2. The number of aryl methyl sites for hydroxylation is 1. The predicted octanol–water partition coefficient (Wildman–Crippen LogP) is 5.29. The van der Waals surface area contributed by atoms with Crippen LogP contribution in [-0.4, -0.2) is 68.3 Å². The highest BCUT2D eigenvalue weighted by molar-refractivity contribution is 6.08. The number of ether oxygens (including phenoxy) is 2. The Morgan fingerprint density at radius 3 is 2.63 bits per heavy atom. The van der Waals surface area contributed by atoms with Crippen LogP contribution in [0.5, 0.6) is 5.75 Å².